The highest BCUT2D eigenvalue weighted by Crippen LogP contribution is 2.27. The van der Waals surface area contributed by atoms with Gasteiger partial charge in [-0.1, -0.05) is 30.1 Å². The normalized spacial score (nSPS) is 14.9. The maximum Gasteiger partial charge on any atom is 0.276 e. The molecule has 36 heavy (non-hydrogen) atoms. The number of fused-ring (bicyclic) bond motifs is 1. The molecule has 0 unspecified atom stereocenters. The summed E-state index contributed by atoms with van der Waals surface area (Å²) in [7, 11) is 0. The Morgan fingerprint density at radius 1 is 1.19 bits per heavy atom. The van der Waals surface area contributed by atoms with E-state index in [-0.39, 0.29) is 18.2 Å². The first-order valence-corrected chi connectivity index (χ1v) is 12.7. The maximum atomic E-state index is 13.0. The number of carbonyl (C=O) groups is 1. The molecule has 0 spiro atoms. The smallest absolute Gasteiger partial charge is 0.276 e. The van der Waals surface area contributed by atoms with Gasteiger partial charge in [0.1, 0.15) is 12.4 Å². The zero-order valence-corrected chi connectivity index (χ0v) is 21.4. The van der Waals surface area contributed by atoms with Crippen molar-refractivity contribution in [3.8, 4) is 5.75 Å². The molecule has 0 saturated carbocycles. The van der Waals surface area contributed by atoms with E-state index in [1.54, 1.807) is 18.3 Å². The number of nitrogens with one attached hydrogen (secondary N) is 2. The number of H-pyrrole nitrogens is 1. The highest BCUT2D eigenvalue weighted by molar-refractivity contribution is 6.35. The summed E-state index contributed by atoms with van der Waals surface area (Å²) >= 11 is 12.4. The topological polar surface area (TPSA) is 101 Å². The van der Waals surface area contributed by atoms with Crippen molar-refractivity contribution in [2.45, 2.75) is 32.9 Å². The molecular formula is C25H27Cl2N7O2. The number of anilines is 1. The summed E-state index contributed by atoms with van der Waals surface area (Å²) in [4.78, 5) is 19.4. The molecule has 9 nitrogen and oxygen atoms in total. The van der Waals surface area contributed by atoms with E-state index in [9.17, 15) is 4.79 Å². The third-order valence-electron chi connectivity index (χ3n) is 6.58. The summed E-state index contributed by atoms with van der Waals surface area (Å²) in [5.41, 5.74) is 2.28. The molecule has 5 rings (SSSR count). The summed E-state index contributed by atoms with van der Waals surface area (Å²) < 4.78 is 7.80. The van der Waals surface area contributed by atoms with Crippen LogP contribution in [0.1, 0.15) is 35.8 Å². The SMILES string of the molecule is CCN1CCC(Cn2cc(NC(=O)c3n[nH]c4ccc(OCc5c(Cl)cncc5Cl)cc34)cn2)CC1. The number of ether oxygens (including phenoxy) is 1. The predicted molar refractivity (Wildman–Crippen MR) is 140 cm³/mol. The third kappa shape index (κ3) is 5.48. The number of piperidine rings is 1. The van der Waals surface area contributed by atoms with Crippen LogP contribution in [0.2, 0.25) is 10.0 Å². The van der Waals surface area contributed by atoms with Gasteiger partial charge >= 0.3 is 0 Å². The number of nitrogens with zero attached hydrogens (tertiary/aromatic N) is 5. The molecule has 0 radical (unpaired) electrons. The molecule has 11 heteroatoms. The van der Waals surface area contributed by atoms with Crippen molar-refractivity contribution >= 4 is 45.7 Å². The Kier molecular flexibility index (Phi) is 7.41. The number of hydrogen-bond acceptors (Lipinski definition) is 6. The van der Waals surface area contributed by atoms with Gasteiger partial charge in [-0.2, -0.15) is 10.2 Å². The predicted octanol–water partition coefficient (Wildman–Crippen LogP) is 5.02. The van der Waals surface area contributed by atoms with Crippen LogP contribution in [0.15, 0.2) is 43.0 Å². The number of amides is 1. The van der Waals surface area contributed by atoms with Gasteiger partial charge in [-0.25, -0.2) is 0 Å². The molecule has 0 atom stereocenters. The maximum absolute atomic E-state index is 13.0. The third-order valence-corrected chi connectivity index (χ3v) is 7.23. The molecular weight excluding hydrogens is 501 g/mol. The van der Waals surface area contributed by atoms with E-state index in [1.165, 1.54) is 25.2 Å². The quantitative estimate of drug-likeness (QED) is 0.333. The fourth-order valence-electron chi connectivity index (χ4n) is 4.46. The molecule has 4 heterocycles. The van der Waals surface area contributed by atoms with Crippen LogP contribution >= 0.6 is 23.2 Å². The van der Waals surface area contributed by atoms with Gasteiger partial charge in [0.05, 0.1) is 27.4 Å². The minimum absolute atomic E-state index is 0.168. The Labute approximate surface area is 218 Å². The summed E-state index contributed by atoms with van der Waals surface area (Å²) in [6.45, 7) is 6.59. The highest BCUT2D eigenvalue weighted by atomic mass is 35.5. The van der Waals surface area contributed by atoms with E-state index in [1.807, 2.05) is 16.9 Å². The fraction of sp³-hybridized carbons (Fsp3) is 0.360. The van der Waals surface area contributed by atoms with E-state index in [4.69, 9.17) is 27.9 Å². The largest absolute Gasteiger partial charge is 0.489 e. The van der Waals surface area contributed by atoms with Gasteiger partial charge in [0, 0.05) is 36.1 Å². The number of aromatic amines is 1. The lowest BCUT2D eigenvalue weighted by atomic mass is 9.97. The lowest BCUT2D eigenvalue weighted by molar-refractivity contribution is 0.102. The second-order valence-corrected chi connectivity index (χ2v) is 9.75. The molecule has 0 aliphatic carbocycles. The van der Waals surface area contributed by atoms with Gasteiger partial charge in [-0.15, -0.1) is 0 Å². The van der Waals surface area contributed by atoms with Gasteiger partial charge in [0.2, 0.25) is 0 Å². The standard InChI is InChI=1S/C25H27Cl2N7O2/c1-2-33-7-5-16(6-8-33)13-34-14-17(10-29-34)30-25(35)24-19-9-18(3-4-23(19)31-32-24)36-15-20-21(26)11-28-12-22(20)27/h3-4,9-12,14,16H,2,5-8,13,15H2,1H3,(H,30,35)(H,31,32). The zero-order valence-electron chi connectivity index (χ0n) is 19.9. The van der Waals surface area contributed by atoms with Gasteiger partial charge in [0.15, 0.2) is 5.69 Å². The van der Waals surface area contributed by atoms with E-state index in [2.05, 4.69) is 37.4 Å². The summed E-state index contributed by atoms with van der Waals surface area (Å²) in [5, 5.41) is 16.0. The lowest BCUT2D eigenvalue weighted by Gasteiger charge is -2.30. The molecule has 1 aliphatic heterocycles. The van der Waals surface area contributed by atoms with Crippen LogP contribution in [0.25, 0.3) is 10.9 Å². The molecule has 188 valence electrons. The Morgan fingerprint density at radius 2 is 1.97 bits per heavy atom. The van der Waals surface area contributed by atoms with Gasteiger partial charge in [-0.3, -0.25) is 19.6 Å². The number of rotatable bonds is 8. The Morgan fingerprint density at radius 3 is 2.72 bits per heavy atom. The van der Waals surface area contributed by atoms with Crippen LogP contribution in [0.4, 0.5) is 5.69 Å². The van der Waals surface area contributed by atoms with Crippen molar-refractivity contribution in [1.29, 1.82) is 0 Å². The summed E-state index contributed by atoms with van der Waals surface area (Å²) in [5.74, 6) is 0.833. The van der Waals surface area contributed by atoms with E-state index in [0.29, 0.717) is 38.3 Å². The van der Waals surface area contributed by atoms with Crippen molar-refractivity contribution in [2.24, 2.45) is 5.92 Å². The second kappa shape index (κ2) is 10.9. The summed E-state index contributed by atoms with van der Waals surface area (Å²) in [6.07, 6.45) is 8.91. The summed E-state index contributed by atoms with van der Waals surface area (Å²) in [6, 6.07) is 5.37. The van der Waals surface area contributed by atoms with Crippen LogP contribution in [0.5, 0.6) is 5.75 Å². The van der Waals surface area contributed by atoms with Crippen molar-refractivity contribution < 1.29 is 9.53 Å². The lowest BCUT2D eigenvalue weighted by Crippen LogP contribution is -2.34. The molecule has 1 fully saturated rings. The molecule has 1 amide bonds. The molecule has 4 aromatic rings. The number of halogens is 2. The Hall–Kier alpha value is -3.14. The fourth-order valence-corrected chi connectivity index (χ4v) is 4.93. The van der Waals surface area contributed by atoms with Crippen LogP contribution in [-0.2, 0) is 13.2 Å². The Bertz CT molecular complexity index is 1340. The van der Waals surface area contributed by atoms with E-state index < -0.39 is 0 Å². The zero-order chi connectivity index (χ0) is 25.1. The number of pyridine rings is 1. The number of hydrogen-bond donors (Lipinski definition) is 2. The van der Waals surface area contributed by atoms with Crippen LogP contribution < -0.4 is 10.1 Å². The minimum atomic E-state index is -0.325. The first-order valence-electron chi connectivity index (χ1n) is 11.9. The number of likely N-dealkylation sites (tertiary alicyclic amines) is 1. The van der Waals surface area contributed by atoms with E-state index in [0.717, 1.165) is 31.7 Å². The van der Waals surface area contributed by atoms with Crippen LogP contribution in [-0.4, -0.2) is 55.4 Å². The second-order valence-electron chi connectivity index (χ2n) is 8.93. The minimum Gasteiger partial charge on any atom is -0.489 e. The van der Waals surface area contributed by atoms with Gasteiger partial charge in [0.25, 0.3) is 5.91 Å². The van der Waals surface area contributed by atoms with Crippen molar-refractivity contribution in [2.75, 3.05) is 25.0 Å². The van der Waals surface area contributed by atoms with Crippen LogP contribution in [0.3, 0.4) is 0 Å². The molecule has 2 N–H and O–H groups in total. The van der Waals surface area contributed by atoms with Crippen molar-refractivity contribution in [3.63, 3.8) is 0 Å². The average Bonchev–Trinajstić information content (AvgIpc) is 3.50. The molecule has 0 bridgehead atoms. The number of benzene rings is 1. The van der Waals surface area contributed by atoms with Crippen molar-refractivity contribution in [1.82, 2.24) is 29.9 Å². The van der Waals surface area contributed by atoms with Gasteiger partial charge < -0.3 is 15.0 Å². The van der Waals surface area contributed by atoms with Crippen molar-refractivity contribution in [3.05, 3.63) is 64.3 Å². The first-order chi connectivity index (χ1) is 17.5. The average molecular weight is 528 g/mol. The molecule has 1 aromatic carbocycles. The monoisotopic (exact) mass is 527 g/mol. The van der Waals surface area contributed by atoms with Gasteiger partial charge in [-0.05, 0) is 56.6 Å². The molecule has 1 aliphatic rings. The number of carbonyl (C=O) groups excluding carboxylic acids is 1. The van der Waals surface area contributed by atoms with E-state index >= 15 is 0 Å². The van der Waals surface area contributed by atoms with Crippen LogP contribution in [0, 0.1) is 5.92 Å². The molecule has 1 saturated heterocycles. The first kappa shape index (κ1) is 24.5. The number of aromatic nitrogens is 5. The molecule has 3 aromatic heterocycles. The highest BCUT2D eigenvalue weighted by Gasteiger charge is 2.20. The Balaban J connectivity index is 1.24.